The lowest BCUT2D eigenvalue weighted by Crippen LogP contribution is -2.17. The Bertz CT molecular complexity index is 597. The van der Waals surface area contributed by atoms with Crippen molar-refractivity contribution in [3.8, 4) is 0 Å². The molecular formula is C16H17F2N. The van der Waals surface area contributed by atoms with Crippen molar-refractivity contribution in [2.24, 2.45) is 5.73 Å². The molecule has 0 radical (unpaired) electrons. The molecule has 0 heterocycles. The predicted octanol–water partition coefficient (Wildman–Crippen LogP) is 3.94. The third kappa shape index (κ3) is 2.66. The van der Waals surface area contributed by atoms with E-state index in [9.17, 15) is 8.78 Å². The number of hydrogen-bond acceptors (Lipinski definition) is 1. The van der Waals surface area contributed by atoms with Gasteiger partial charge in [0.1, 0.15) is 11.6 Å². The van der Waals surface area contributed by atoms with E-state index in [-0.39, 0.29) is 11.6 Å². The molecule has 1 unspecified atom stereocenters. The molecule has 19 heavy (non-hydrogen) atoms. The van der Waals surface area contributed by atoms with Crippen LogP contribution >= 0.6 is 0 Å². The largest absolute Gasteiger partial charge is 0.320 e. The molecule has 0 bridgehead atoms. The van der Waals surface area contributed by atoms with Crippen molar-refractivity contribution in [2.45, 2.75) is 26.8 Å². The second-order valence-electron chi connectivity index (χ2n) is 4.96. The van der Waals surface area contributed by atoms with Crippen LogP contribution in [0.2, 0.25) is 0 Å². The van der Waals surface area contributed by atoms with Gasteiger partial charge in [-0.15, -0.1) is 0 Å². The first-order valence-electron chi connectivity index (χ1n) is 6.18. The summed E-state index contributed by atoms with van der Waals surface area (Å²) in [6.45, 7) is 5.47. The molecule has 0 saturated heterocycles. The van der Waals surface area contributed by atoms with Gasteiger partial charge in [-0.1, -0.05) is 17.7 Å². The Morgan fingerprint density at radius 2 is 1.53 bits per heavy atom. The molecule has 100 valence electrons. The van der Waals surface area contributed by atoms with E-state index in [4.69, 9.17) is 5.73 Å². The summed E-state index contributed by atoms with van der Waals surface area (Å²) in [5.74, 6) is -0.628. The Balaban J connectivity index is 2.56. The number of hydrogen-bond donors (Lipinski definition) is 1. The van der Waals surface area contributed by atoms with Crippen molar-refractivity contribution in [3.63, 3.8) is 0 Å². The summed E-state index contributed by atoms with van der Waals surface area (Å²) in [5, 5.41) is 0. The maximum absolute atomic E-state index is 13.9. The van der Waals surface area contributed by atoms with E-state index in [2.05, 4.69) is 0 Å². The van der Waals surface area contributed by atoms with Crippen LogP contribution in [0.5, 0.6) is 0 Å². The van der Waals surface area contributed by atoms with Crippen LogP contribution in [-0.2, 0) is 0 Å². The number of nitrogens with two attached hydrogens (primary N) is 1. The Kier molecular flexibility index (Phi) is 3.67. The molecular weight excluding hydrogens is 244 g/mol. The average molecular weight is 261 g/mol. The van der Waals surface area contributed by atoms with Crippen molar-refractivity contribution in [1.82, 2.24) is 0 Å². The van der Waals surface area contributed by atoms with E-state index in [1.165, 1.54) is 18.2 Å². The van der Waals surface area contributed by atoms with E-state index in [0.717, 1.165) is 22.3 Å². The second kappa shape index (κ2) is 5.10. The normalized spacial score (nSPS) is 12.5. The zero-order valence-corrected chi connectivity index (χ0v) is 11.3. The van der Waals surface area contributed by atoms with Gasteiger partial charge < -0.3 is 5.73 Å². The Hall–Kier alpha value is -1.74. The highest BCUT2D eigenvalue weighted by Gasteiger charge is 2.18. The number of benzene rings is 2. The summed E-state index contributed by atoms with van der Waals surface area (Å²) < 4.78 is 27.2. The van der Waals surface area contributed by atoms with Crippen LogP contribution in [-0.4, -0.2) is 0 Å². The first-order valence-corrected chi connectivity index (χ1v) is 6.18. The van der Waals surface area contributed by atoms with Crippen LogP contribution in [0.3, 0.4) is 0 Å². The standard InChI is InChI=1S/C16H17F2N/c1-9-4-5-14(18)13(6-9)16(19)15-10(2)7-12(17)8-11(15)3/h4-8,16H,19H2,1-3H3. The van der Waals surface area contributed by atoms with Crippen molar-refractivity contribution >= 4 is 0 Å². The number of rotatable bonds is 2. The predicted molar refractivity (Wildman–Crippen MR) is 73.0 cm³/mol. The van der Waals surface area contributed by atoms with Crippen LogP contribution in [0.15, 0.2) is 30.3 Å². The zero-order chi connectivity index (χ0) is 14.2. The van der Waals surface area contributed by atoms with Crippen LogP contribution in [0.4, 0.5) is 8.78 Å². The van der Waals surface area contributed by atoms with Crippen molar-refractivity contribution in [3.05, 3.63) is 69.8 Å². The third-order valence-electron chi connectivity index (χ3n) is 3.36. The van der Waals surface area contributed by atoms with Gasteiger partial charge in [-0.05, 0) is 55.7 Å². The van der Waals surface area contributed by atoms with E-state index < -0.39 is 6.04 Å². The maximum Gasteiger partial charge on any atom is 0.128 e. The lowest BCUT2D eigenvalue weighted by molar-refractivity contribution is 0.596. The van der Waals surface area contributed by atoms with Gasteiger partial charge in [0.2, 0.25) is 0 Å². The molecule has 0 aliphatic carbocycles. The summed E-state index contributed by atoms with van der Waals surface area (Å²) >= 11 is 0. The summed E-state index contributed by atoms with van der Waals surface area (Å²) in [7, 11) is 0. The SMILES string of the molecule is Cc1ccc(F)c(C(N)c2c(C)cc(F)cc2C)c1. The monoisotopic (exact) mass is 261 g/mol. The fourth-order valence-electron chi connectivity index (χ4n) is 2.47. The summed E-state index contributed by atoms with van der Waals surface area (Å²) in [5.41, 5.74) is 9.83. The van der Waals surface area contributed by atoms with Gasteiger partial charge >= 0.3 is 0 Å². The summed E-state index contributed by atoms with van der Waals surface area (Å²) in [6.07, 6.45) is 0. The maximum atomic E-state index is 13.9. The van der Waals surface area contributed by atoms with E-state index in [0.29, 0.717) is 5.56 Å². The number of aryl methyl sites for hydroxylation is 3. The molecule has 2 aromatic carbocycles. The van der Waals surface area contributed by atoms with Crippen molar-refractivity contribution in [2.75, 3.05) is 0 Å². The lowest BCUT2D eigenvalue weighted by Gasteiger charge is -2.19. The molecule has 0 aliphatic rings. The lowest BCUT2D eigenvalue weighted by atomic mass is 9.91. The highest BCUT2D eigenvalue weighted by molar-refractivity contribution is 5.43. The molecule has 0 aliphatic heterocycles. The van der Waals surface area contributed by atoms with Gasteiger partial charge in [-0.2, -0.15) is 0 Å². The van der Waals surface area contributed by atoms with Gasteiger partial charge in [-0.25, -0.2) is 8.78 Å². The number of halogens is 2. The van der Waals surface area contributed by atoms with Crippen LogP contribution in [0.25, 0.3) is 0 Å². The van der Waals surface area contributed by atoms with Gasteiger partial charge in [0.15, 0.2) is 0 Å². The molecule has 2 rings (SSSR count). The Morgan fingerprint density at radius 1 is 0.947 bits per heavy atom. The van der Waals surface area contributed by atoms with E-state index >= 15 is 0 Å². The average Bonchev–Trinajstić information content (AvgIpc) is 2.30. The van der Waals surface area contributed by atoms with Gasteiger partial charge in [0, 0.05) is 5.56 Å². The van der Waals surface area contributed by atoms with Crippen LogP contribution in [0.1, 0.15) is 33.9 Å². The smallest absolute Gasteiger partial charge is 0.128 e. The van der Waals surface area contributed by atoms with Gasteiger partial charge in [0.25, 0.3) is 0 Å². The summed E-state index contributed by atoms with van der Waals surface area (Å²) in [4.78, 5) is 0. The molecule has 1 nitrogen and oxygen atoms in total. The first-order chi connectivity index (χ1) is 8.90. The quantitative estimate of drug-likeness (QED) is 0.870. The zero-order valence-electron chi connectivity index (χ0n) is 11.3. The molecule has 2 aromatic rings. The third-order valence-corrected chi connectivity index (χ3v) is 3.36. The minimum absolute atomic E-state index is 0.296. The topological polar surface area (TPSA) is 26.0 Å². The van der Waals surface area contributed by atoms with Crippen molar-refractivity contribution in [1.29, 1.82) is 0 Å². The first kappa shape index (κ1) is 13.7. The molecule has 0 amide bonds. The highest BCUT2D eigenvalue weighted by Crippen LogP contribution is 2.28. The van der Waals surface area contributed by atoms with Gasteiger partial charge in [-0.3, -0.25) is 0 Å². The fourth-order valence-corrected chi connectivity index (χ4v) is 2.47. The summed E-state index contributed by atoms with van der Waals surface area (Å²) in [6, 6.07) is 7.13. The highest BCUT2D eigenvalue weighted by atomic mass is 19.1. The van der Waals surface area contributed by atoms with Crippen LogP contribution < -0.4 is 5.73 Å². The van der Waals surface area contributed by atoms with Crippen LogP contribution in [0, 0.1) is 32.4 Å². The fraction of sp³-hybridized carbons (Fsp3) is 0.250. The van der Waals surface area contributed by atoms with E-state index in [1.807, 2.05) is 6.92 Å². The molecule has 2 N–H and O–H groups in total. The Morgan fingerprint density at radius 3 is 2.11 bits per heavy atom. The second-order valence-corrected chi connectivity index (χ2v) is 4.96. The van der Waals surface area contributed by atoms with Crippen molar-refractivity contribution < 1.29 is 8.78 Å². The molecule has 0 spiro atoms. The van der Waals surface area contributed by atoms with Gasteiger partial charge in [0.05, 0.1) is 6.04 Å². The molecule has 0 fully saturated rings. The van der Waals surface area contributed by atoms with E-state index in [1.54, 1.807) is 26.0 Å². The molecule has 1 atom stereocenters. The minimum Gasteiger partial charge on any atom is -0.320 e. The molecule has 0 aromatic heterocycles. The molecule has 0 saturated carbocycles. The minimum atomic E-state index is -0.583. The Labute approximate surface area is 112 Å². The molecule has 3 heteroatoms.